The second kappa shape index (κ2) is 17.1. The molecule has 0 spiro atoms. The van der Waals surface area contributed by atoms with E-state index in [1.165, 1.54) is 29.7 Å². The third-order valence-corrected chi connectivity index (χ3v) is 10.4. The smallest absolute Gasteiger partial charge is 0.245 e. The van der Waals surface area contributed by atoms with Gasteiger partial charge in [0, 0.05) is 82.1 Å². The lowest BCUT2D eigenvalue weighted by molar-refractivity contribution is -0.140. The lowest BCUT2D eigenvalue weighted by atomic mass is 9.82. The minimum absolute atomic E-state index is 0. The first kappa shape index (κ1) is 37.1. The molecule has 3 unspecified atom stereocenters. The second-order valence-electron chi connectivity index (χ2n) is 13.0. The van der Waals surface area contributed by atoms with Gasteiger partial charge in [0.15, 0.2) is 0 Å². The molecule has 3 fully saturated rings. The first-order valence-corrected chi connectivity index (χ1v) is 16.9. The largest absolute Gasteiger partial charge is 0.344 e. The van der Waals surface area contributed by atoms with Gasteiger partial charge in [-0.05, 0) is 47.6 Å². The van der Waals surface area contributed by atoms with Crippen molar-refractivity contribution in [3.8, 4) is 0 Å². The zero-order valence-electron chi connectivity index (χ0n) is 26.7. The highest BCUT2D eigenvalue weighted by Crippen LogP contribution is 2.31. The van der Waals surface area contributed by atoms with E-state index in [1.807, 2.05) is 29.2 Å². The Bertz CT molecular complexity index is 1380. The number of piperazine rings is 1. The predicted octanol–water partition coefficient (Wildman–Crippen LogP) is 4.69. The summed E-state index contributed by atoms with van der Waals surface area (Å²) in [6.45, 7) is 3.60. The molecule has 2 aromatic rings. The standard InChI is InChI=1S/C35H44ClN5O4.2ClH/c36-27-12-10-24(11-13-27)20-30(38-32(42)21-29-28-9-5-4-8-26(28)22-37-29)35(45)40-18-16-39(17-19-40)31(25-6-2-1-3-7-25)23-41-33(43)14-15-34(41)44;;/h4-5,8-13,25,29-31,37H,1-3,6-7,14-23H2,(H,38,42);2*1H. The molecule has 2 N–H and O–H groups in total. The average molecular weight is 707 g/mol. The van der Waals surface area contributed by atoms with Crippen LogP contribution in [0.1, 0.15) is 74.1 Å². The molecular weight excluding hydrogens is 661 g/mol. The molecule has 47 heavy (non-hydrogen) atoms. The van der Waals surface area contributed by atoms with E-state index in [4.69, 9.17) is 11.6 Å². The highest BCUT2D eigenvalue weighted by molar-refractivity contribution is 6.30. The lowest BCUT2D eigenvalue weighted by Gasteiger charge is -2.44. The highest BCUT2D eigenvalue weighted by atomic mass is 35.5. The van der Waals surface area contributed by atoms with Crippen LogP contribution in [0.5, 0.6) is 0 Å². The zero-order valence-corrected chi connectivity index (χ0v) is 29.1. The molecule has 4 amide bonds. The Morgan fingerprint density at radius 1 is 0.894 bits per heavy atom. The van der Waals surface area contributed by atoms with Crippen LogP contribution in [-0.2, 0) is 32.1 Å². The number of benzene rings is 2. The fraction of sp³-hybridized carbons (Fsp3) is 0.543. The number of nitrogens with zero attached hydrogens (tertiary/aromatic N) is 3. The van der Waals surface area contributed by atoms with Crippen molar-refractivity contribution >= 4 is 60.0 Å². The van der Waals surface area contributed by atoms with Crippen LogP contribution in [0.2, 0.25) is 5.02 Å². The molecule has 4 aliphatic rings. The number of imide groups is 1. The molecule has 3 atom stereocenters. The van der Waals surface area contributed by atoms with Gasteiger partial charge in [0.05, 0.1) is 0 Å². The molecule has 256 valence electrons. The van der Waals surface area contributed by atoms with E-state index in [9.17, 15) is 19.2 Å². The van der Waals surface area contributed by atoms with Gasteiger partial charge in [-0.25, -0.2) is 0 Å². The van der Waals surface area contributed by atoms with E-state index in [-0.39, 0.29) is 66.9 Å². The van der Waals surface area contributed by atoms with Crippen molar-refractivity contribution in [2.75, 3.05) is 32.7 Å². The van der Waals surface area contributed by atoms with Crippen LogP contribution >= 0.6 is 36.4 Å². The van der Waals surface area contributed by atoms with Gasteiger partial charge in [-0.2, -0.15) is 0 Å². The number of hydrogen-bond acceptors (Lipinski definition) is 6. The Labute approximate surface area is 294 Å². The Kier molecular flexibility index (Phi) is 13.5. The van der Waals surface area contributed by atoms with Gasteiger partial charge in [-0.15, -0.1) is 24.8 Å². The summed E-state index contributed by atoms with van der Waals surface area (Å²) in [6, 6.07) is 14.9. The minimum Gasteiger partial charge on any atom is -0.344 e. The summed E-state index contributed by atoms with van der Waals surface area (Å²) in [5.41, 5.74) is 3.26. The van der Waals surface area contributed by atoms with Gasteiger partial charge in [0.2, 0.25) is 23.6 Å². The Morgan fingerprint density at radius 2 is 1.55 bits per heavy atom. The summed E-state index contributed by atoms with van der Waals surface area (Å²) < 4.78 is 0. The average Bonchev–Trinajstić information content (AvgIpc) is 3.62. The van der Waals surface area contributed by atoms with Crippen LogP contribution in [0.3, 0.4) is 0 Å². The minimum atomic E-state index is -0.698. The van der Waals surface area contributed by atoms with E-state index in [2.05, 4.69) is 27.7 Å². The van der Waals surface area contributed by atoms with Crippen LogP contribution in [0, 0.1) is 5.92 Å². The lowest BCUT2D eigenvalue weighted by Crippen LogP contribution is -2.59. The summed E-state index contributed by atoms with van der Waals surface area (Å²) in [5, 5.41) is 7.13. The van der Waals surface area contributed by atoms with E-state index >= 15 is 0 Å². The van der Waals surface area contributed by atoms with Crippen LogP contribution in [0.25, 0.3) is 0 Å². The Balaban J connectivity index is 0.00000250. The predicted molar refractivity (Wildman–Crippen MR) is 187 cm³/mol. The van der Waals surface area contributed by atoms with Crippen LogP contribution in [0.4, 0.5) is 0 Å². The maximum absolute atomic E-state index is 14.0. The fourth-order valence-electron chi connectivity index (χ4n) is 7.64. The molecule has 0 aromatic heterocycles. The Hall–Kier alpha value is -2.69. The third-order valence-electron chi connectivity index (χ3n) is 10.2. The van der Waals surface area contributed by atoms with Gasteiger partial charge in [-0.1, -0.05) is 67.3 Å². The van der Waals surface area contributed by atoms with Crippen LogP contribution in [0.15, 0.2) is 48.5 Å². The number of likely N-dealkylation sites (tertiary alicyclic amines) is 1. The molecule has 3 heterocycles. The molecular formula is C35H46Cl3N5O4. The van der Waals surface area contributed by atoms with Crippen molar-refractivity contribution in [1.82, 2.24) is 25.3 Å². The van der Waals surface area contributed by atoms with E-state index in [1.54, 1.807) is 12.1 Å². The summed E-state index contributed by atoms with van der Waals surface area (Å²) in [5.74, 6) is 0.0659. The van der Waals surface area contributed by atoms with Crippen molar-refractivity contribution in [3.63, 3.8) is 0 Å². The van der Waals surface area contributed by atoms with Crippen LogP contribution < -0.4 is 10.6 Å². The molecule has 1 aliphatic carbocycles. The fourth-order valence-corrected chi connectivity index (χ4v) is 7.77. The zero-order chi connectivity index (χ0) is 31.3. The summed E-state index contributed by atoms with van der Waals surface area (Å²) in [6.07, 6.45) is 7.05. The van der Waals surface area contributed by atoms with Gasteiger partial charge >= 0.3 is 0 Å². The highest BCUT2D eigenvalue weighted by Gasteiger charge is 2.38. The quantitative estimate of drug-likeness (QED) is 0.348. The van der Waals surface area contributed by atoms with Crippen molar-refractivity contribution in [3.05, 3.63) is 70.2 Å². The number of halogens is 3. The van der Waals surface area contributed by atoms with Gasteiger partial charge in [0.1, 0.15) is 6.04 Å². The Morgan fingerprint density at radius 3 is 2.23 bits per heavy atom. The normalized spacial score (nSPS) is 21.4. The number of carbonyl (C=O) groups excluding carboxylic acids is 4. The van der Waals surface area contributed by atoms with Crippen molar-refractivity contribution in [2.45, 2.75) is 82.5 Å². The summed E-state index contributed by atoms with van der Waals surface area (Å²) in [4.78, 5) is 58.2. The molecule has 1 saturated carbocycles. The first-order valence-electron chi connectivity index (χ1n) is 16.6. The molecule has 9 nitrogen and oxygen atoms in total. The molecule has 6 rings (SSSR count). The topological polar surface area (TPSA) is 102 Å². The molecule has 0 bridgehead atoms. The van der Waals surface area contributed by atoms with Crippen LogP contribution in [-0.4, -0.2) is 83.1 Å². The number of carbonyl (C=O) groups is 4. The van der Waals surface area contributed by atoms with Gasteiger partial charge in [-0.3, -0.25) is 29.0 Å². The first-order chi connectivity index (χ1) is 21.9. The second-order valence-corrected chi connectivity index (χ2v) is 13.4. The number of nitrogens with one attached hydrogen (secondary N) is 2. The summed E-state index contributed by atoms with van der Waals surface area (Å²) in [7, 11) is 0. The number of fused-ring (bicyclic) bond motifs is 1. The third kappa shape index (κ3) is 9.06. The van der Waals surface area contributed by atoms with E-state index < -0.39 is 6.04 Å². The SMILES string of the molecule is Cl.Cl.O=C(CC1NCc2ccccc21)NC(Cc1ccc(Cl)cc1)C(=O)N1CCN(C(CN2C(=O)CCC2=O)C2CCCCC2)CC1. The number of hydrogen-bond donors (Lipinski definition) is 2. The molecule has 2 saturated heterocycles. The maximum Gasteiger partial charge on any atom is 0.245 e. The summed E-state index contributed by atoms with van der Waals surface area (Å²) >= 11 is 6.12. The van der Waals surface area contributed by atoms with E-state index in [0.29, 0.717) is 62.9 Å². The monoisotopic (exact) mass is 705 g/mol. The molecule has 0 radical (unpaired) electrons. The number of amides is 4. The van der Waals surface area contributed by atoms with Crippen molar-refractivity contribution < 1.29 is 19.2 Å². The van der Waals surface area contributed by atoms with Crippen molar-refractivity contribution in [1.29, 1.82) is 0 Å². The molecule has 2 aromatic carbocycles. The molecule has 3 aliphatic heterocycles. The maximum atomic E-state index is 14.0. The number of rotatable bonds is 10. The molecule has 12 heteroatoms. The van der Waals surface area contributed by atoms with Gasteiger partial charge in [0.25, 0.3) is 0 Å². The van der Waals surface area contributed by atoms with Crippen molar-refractivity contribution in [2.24, 2.45) is 5.92 Å². The van der Waals surface area contributed by atoms with E-state index in [0.717, 1.165) is 30.5 Å². The van der Waals surface area contributed by atoms with Gasteiger partial charge < -0.3 is 15.5 Å².